The molecule has 1 saturated heterocycles. The van der Waals surface area contributed by atoms with E-state index in [1.165, 1.54) is 17.0 Å². The highest BCUT2D eigenvalue weighted by atomic mass is 19.1. The summed E-state index contributed by atoms with van der Waals surface area (Å²) in [5, 5.41) is 2.60. The van der Waals surface area contributed by atoms with E-state index in [1.54, 1.807) is 33.0 Å². The second-order valence-corrected chi connectivity index (χ2v) is 6.50. The third kappa shape index (κ3) is 4.10. The summed E-state index contributed by atoms with van der Waals surface area (Å²) in [5.74, 6) is -0.742. The molecule has 1 aliphatic rings. The van der Waals surface area contributed by atoms with Crippen molar-refractivity contribution in [1.82, 2.24) is 15.1 Å². The van der Waals surface area contributed by atoms with Crippen LogP contribution in [0.2, 0.25) is 0 Å². The van der Waals surface area contributed by atoms with Crippen molar-refractivity contribution in [2.75, 3.05) is 13.6 Å². The lowest BCUT2D eigenvalue weighted by Gasteiger charge is -2.19. The van der Waals surface area contributed by atoms with Crippen molar-refractivity contribution in [2.24, 2.45) is 0 Å². The number of halogens is 1. The molecule has 0 aromatic heterocycles. The van der Waals surface area contributed by atoms with E-state index < -0.39 is 11.6 Å². The standard InChI is InChI=1S/C17H22FN3O3/c1-17(2)15(23)21(16(24)19-17)9-5-8-14(22)20(3)11-12-6-4-7-13(18)10-12/h4,6-7,10H,5,8-9,11H2,1-3H3,(H,19,24). The van der Waals surface area contributed by atoms with Crippen molar-refractivity contribution in [3.8, 4) is 0 Å². The van der Waals surface area contributed by atoms with Gasteiger partial charge < -0.3 is 10.2 Å². The van der Waals surface area contributed by atoms with Crippen molar-refractivity contribution in [2.45, 2.75) is 38.8 Å². The maximum absolute atomic E-state index is 13.2. The Kier molecular flexibility index (Phi) is 5.21. The number of benzene rings is 1. The minimum atomic E-state index is -0.894. The highest BCUT2D eigenvalue weighted by Crippen LogP contribution is 2.17. The Morgan fingerprint density at radius 3 is 2.62 bits per heavy atom. The Morgan fingerprint density at radius 1 is 1.33 bits per heavy atom. The summed E-state index contributed by atoms with van der Waals surface area (Å²) in [6, 6.07) is 5.67. The van der Waals surface area contributed by atoms with Crippen LogP contribution < -0.4 is 5.32 Å². The van der Waals surface area contributed by atoms with Crippen LogP contribution in [-0.4, -0.2) is 46.8 Å². The van der Waals surface area contributed by atoms with Gasteiger partial charge >= 0.3 is 6.03 Å². The summed E-state index contributed by atoms with van der Waals surface area (Å²) >= 11 is 0. The summed E-state index contributed by atoms with van der Waals surface area (Å²) in [6.45, 7) is 3.80. The Labute approximate surface area is 140 Å². The first-order valence-corrected chi connectivity index (χ1v) is 7.83. The van der Waals surface area contributed by atoms with Crippen molar-refractivity contribution in [3.05, 3.63) is 35.6 Å². The van der Waals surface area contributed by atoms with Gasteiger partial charge in [0.1, 0.15) is 11.4 Å². The molecule has 2 rings (SSSR count). The molecule has 1 heterocycles. The molecule has 1 aromatic rings. The smallest absolute Gasteiger partial charge is 0.325 e. The first-order valence-electron chi connectivity index (χ1n) is 7.83. The van der Waals surface area contributed by atoms with Crippen LogP contribution in [0.15, 0.2) is 24.3 Å². The van der Waals surface area contributed by atoms with E-state index in [9.17, 15) is 18.8 Å². The van der Waals surface area contributed by atoms with Gasteiger partial charge in [0.15, 0.2) is 0 Å². The molecule has 0 aliphatic carbocycles. The van der Waals surface area contributed by atoms with Gasteiger partial charge in [0.2, 0.25) is 5.91 Å². The zero-order valence-corrected chi connectivity index (χ0v) is 14.1. The Balaban J connectivity index is 1.81. The van der Waals surface area contributed by atoms with Crippen LogP contribution in [0.4, 0.5) is 9.18 Å². The molecule has 24 heavy (non-hydrogen) atoms. The van der Waals surface area contributed by atoms with Gasteiger partial charge in [-0.1, -0.05) is 12.1 Å². The van der Waals surface area contributed by atoms with Crippen LogP contribution in [-0.2, 0) is 16.1 Å². The maximum Gasteiger partial charge on any atom is 0.325 e. The number of nitrogens with one attached hydrogen (secondary N) is 1. The Morgan fingerprint density at radius 2 is 2.04 bits per heavy atom. The SMILES string of the molecule is CN(Cc1cccc(F)c1)C(=O)CCCN1C(=O)NC(C)(C)C1=O. The van der Waals surface area contributed by atoms with Crippen molar-refractivity contribution in [1.29, 1.82) is 0 Å². The predicted molar refractivity (Wildman–Crippen MR) is 86.4 cm³/mol. The fraction of sp³-hybridized carbons (Fsp3) is 0.471. The van der Waals surface area contributed by atoms with Gasteiger partial charge in [-0.2, -0.15) is 0 Å². The molecular formula is C17H22FN3O3. The number of hydrogen-bond donors (Lipinski definition) is 1. The molecule has 4 amide bonds. The van der Waals surface area contributed by atoms with Gasteiger partial charge in [-0.15, -0.1) is 0 Å². The lowest BCUT2D eigenvalue weighted by atomic mass is 10.1. The maximum atomic E-state index is 13.2. The summed E-state index contributed by atoms with van der Waals surface area (Å²) in [5.41, 5.74) is -0.184. The summed E-state index contributed by atoms with van der Waals surface area (Å²) in [4.78, 5) is 38.5. The van der Waals surface area contributed by atoms with Gasteiger partial charge in [0.05, 0.1) is 0 Å². The molecule has 7 heteroatoms. The second kappa shape index (κ2) is 6.98. The molecule has 0 radical (unpaired) electrons. The molecule has 6 nitrogen and oxygen atoms in total. The summed E-state index contributed by atoms with van der Waals surface area (Å²) < 4.78 is 13.2. The number of carbonyl (C=O) groups is 3. The molecule has 0 saturated carbocycles. The number of urea groups is 1. The van der Waals surface area contributed by atoms with Crippen molar-refractivity contribution < 1.29 is 18.8 Å². The molecular weight excluding hydrogens is 313 g/mol. The van der Waals surface area contributed by atoms with Crippen LogP contribution in [0.3, 0.4) is 0 Å². The molecule has 0 unspecified atom stereocenters. The van der Waals surface area contributed by atoms with Gasteiger partial charge in [0.25, 0.3) is 5.91 Å². The zero-order valence-electron chi connectivity index (χ0n) is 14.1. The first kappa shape index (κ1) is 17.9. The highest BCUT2D eigenvalue weighted by molar-refractivity contribution is 6.06. The fourth-order valence-corrected chi connectivity index (χ4v) is 2.60. The molecule has 1 aliphatic heterocycles. The number of imide groups is 1. The normalized spacial score (nSPS) is 16.2. The monoisotopic (exact) mass is 335 g/mol. The van der Waals surface area contributed by atoms with Crippen LogP contribution in [0.1, 0.15) is 32.3 Å². The minimum Gasteiger partial charge on any atom is -0.341 e. The van der Waals surface area contributed by atoms with Gasteiger partial charge in [-0.05, 0) is 38.0 Å². The van der Waals surface area contributed by atoms with E-state index in [1.807, 2.05) is 0 Å². The van der Waals surface area contributed by atoms with E-state index in [0.717, 1.165) is 4.90 Å². The first-order chi connectivity index (χ1) is 11.2. The Hall–Kier alpha value is -2.44. The molecule has 0 spiro atoms. The third-order valence-corrected chi connectivity index (χ3v) is 3.95. The van der Waals surface area contributed by atoms with Crippen molar-refractivity contribution >= 4 is 17.8 Å². The van der Waals surface area contributed by atoms with Gasteiger partial charge in [-0.25, -0.2) is 9.18 Å². The lowest BCUT2D eigenvalue weighted by Crippen LogP contribution is -2.40. The van der Waals surface area contributed by atoms with Crippen LogP contribution >= 0.6 is 0 Å². The van der Waals surface area contributed by atoms with Crippen LogP contribution in [0, 0.1) is 5.82 Å². The number of rotatable bonds is 6. The molecule has 1 N–H and O–H groups in total. The number of nitrogens with zero attached hydrogens (tertiary/aromatic N) is 2. The largest absolute Gasteiger partial charge is 0.341 e. The quantitative estimate of drug-likeness (QED) is 0.807. The molecule has 1 aromatic carbocycles. The average molecular weight is 335 g/mol. The summed E-state index contributed by atoms with van der Waals surface area (Å²) in [6.07, 6.45) is 0.602. The third-order valence-electron chi connectivity index (χ3n) is 3.95. The fourth-order valence-electron chi connectivity index (χ4n) is 2.60. The number of carbonyl (C=O) groups excluding carboxylic acids is 3. The topological polar surface area (TPSA) is 69.7 Å². The lowest BCUT2D eigenvalue weighted by molar-refractivity contribution is -0.132. The minimum absolute atomic E-state index is 0.120. The van der Waals surface area contributed by atoms with Crippen LogP contribution in [0.25, 0.3) is 0 Å². The molecule has 1 fully saturated rings. The average Bonchev–Trinajstić information content (AvgIpc) is 2.68. The van der Waals surface area contributed by atoms with E-state index in [-0.39, 0.29) is 30.6 Å². The molecule has 0 atom stereocenters. The van der Waals surface area contributed by atoms with Crippen LogP contribution in [0.5, 0.6) is 0 Å². The van der Waals surface area contributed by atoms with E-state index in [4.69, 9.17) is 0 Å². The second-order valence-electron chi connectivity index (χ2n) is 6.50. The van der Waals surface area contributed by atoms with Gasteiger partial charge in [0, 0.05) is 26.6 Å². The number of hydrogen-bond acceptors (Lipinski definition) is 3. The van der Waals surface area contributed by atoms with E-state index in [2.05, 4.69) is 5.32 Å². The predicted octanol–water partition coefficient (Wildman–Crippen LogP) is 1.89. The van der Waals surface area contributed by atoms with Gasteiger partial charge in [-0.3, -0.25) is 14.5 Å². The van der Waals surface area contributed by atoms with Crippen molar-refractivity contribution in [3.63, 3.8) is 0 Å². The Bertz CT molecular complexity index is 660. The number of amides is 4. The molecule has 0 bridgehead atoms. The van der Waals surface area contributed by atoms with E-state index in [0.29, 0.717) is 18.5 Å². The molecule has 130 valence electrons. The summed E-state index contributed by atoms with van der Waals surface area (Å²) in [7, 11) is 1.64. The highest BCUT2D eigenvalue weighted by Gasteiger charge is 2.43. The van der Waals surface area contributed by atoms with E-state index >= 15 is 0 Å². The zero-order chi connectivity index (χ0) is 17.9.